The molecule has 1 fully saturated rings. The predicted molar refractivity (Wildman–Crippen MR) is 91.5 cm³/mol. The van der Waals surface area contributed by atoms with Crippen LogP contribution < -0.4 is 14.8 Å². The predicted octanol–water partition coefficient (Wildman–Crippen LogP) is 4.49. The van der Waals surface area contributed by atoms with Gasteiger partial charge in [-0.3, -0.25) is 0 Å². The van der Waals surface area contributed by atoms with Crippen molar-refractivity contribution in [3.63, 3.8) is 0 Å². The van der Waals surface area contributed by atoms with Gasteiger partial charge >= 0.3 is 0 Å². The van der Waals surface area contributed by atoms with Crippen molar-refractivity contribution in [1.82, 2.24) is 10.3 Å². The summed E-state index contributed by atoms with van der Waals surface area (Å²) in [7, 11) is 0. The maximum Gasteiger partial charge on any atom is 0.262 e. The van der Waals surface area contributed by atoms with Gasteiger partial charge in [-0.15, -0.1) is 0 Å². The van der Waals surface area contributed by atoms with Crippen LogP contribution in [0, 0.1) is 24.5 Å². The molecule has 1 atom stereocenters. The standard InChI is InChI=1S/C18H19ClF2N2O2/c1-11-4-7-15(24-10-12-3-2-8-22-9-12)18(23-11)25-17-14(20)6-5-13(19)16(17)21/h4-7,12,22H,2-3,8-10H2,1H3. The number of nitrogens with zero attached hydrogens (tertiary/aromatic N) is 1. The van der Waals surface area contributed by atoms with Crippen molar-refractivity contribution in [3.05, 3.63) is 46.6 Å². The van der Waals surface area contributed by atoms with Crippen LogP contribution in [-0.4, -0.2) is 24.7 Å². The van der Waals surface area contributed by atoms with Crippen LogP contribution in [0.25, 0.3) is 0 Å². The van der Waals surface area contributed by atoms with E-state index in [-0.39, 0.29) is 10.9 Å². The molecule has 134 valence electrons. The molecule has 0 amide bonds. The smallest absolute Gasteiger partial charge is 0.262 e. The fourth-order valence-corrected chi connectivity index (χ4v) is 2.82. The fourth-order valence-electron chi connectivity index (χ4n) is 2.68. The number of halogens is 3. The molecular formula is C18H19ClF2N2O2. The first-order valence-corrected chi connectivity index (χ1v) is 8.55. The molecule has 1 N–H and O–H groups in total. The summed E-state index contributed by atoms with van der Waals surface area (Å²) < 4.78 is 39.2. The number of aryl methyl sites for hydroxylation is 1. The van der Waals surface area contributed by atoms with E-state index in [9.17, 15) is 8.78 Å². The van der Waals surface area contributed by atoms with Gasteiger partial charge < -0.3 is 14.8 Å². The molecule has 0 spiro atoms. The normalized spacial score (nSPS) is 17.4. The zero-order chi connectivity index (χ0) is 17.8. The van der Waals surface area contributed by atoms with Gasteiger partial charge in [0.15, 0.2) is 17.4 Å². The van der Waals surface area contributed by atoms with Gasteiger partial charge in [0.05, 0.1) is 11.6 Å². The van der Waals surface area contributed by atoms with E-state index in [0.29, 0.717) is 24.0 Å². The number of aromatic nitrogens is 1. The Bertz CT molecular complexity index is 752. The van der Waals surface area contributed by atoms with E-state index in [1.54, 1.807) is 19.1 Å². The number of hydrogen-bond donors (Lipinski definition) is 1. The van der Waals surface area contributed by atoms with Crippen molar-refractivity contribution < 1.29 is 18.3 Å². The van der Waals surface area contributed by atoms with E-state index in [2.05, 4.69) is 10.3 Å². The third kappa shape index (κ3) is 4.38. The molecule has 1 aliphatic rings. The largest absolute Gasteiger partial charge is 0.488 e. The zero-order valence-corrected chi connectivity index (χ0v) is 14.6. The second-order valence-corrected chi connectivity index (χ2v) is 6.46. The van der Waals surface area contributed by atoms with Crippen LogP contribution in [0.15, 0.2) is 24.3 Å². The molecular weight excluding hydrogens is 350 g/mol. The van der Waals surface area contributed by atoms with Crippen LogP contribution in [0.1, 0.15) is 18.5 Å². The van der Waals surface area contributed by atoms with Crippen LogP contribution in [0.2, 0.25) is 5.02 Å². The highest BCUT2D eigenvalue weighted by molar-refractivity contribution is 6.30. The lowest BCUT2D eigenvalue weighted by Gasteiger charge is -2.23. The Morgan fingerprint density at radius 1 is 1.28 bits per heavy atom. The van der Waals surface area contributed by atoms with Crippen LogP contribution in [0.5, 0.6) is 17.4 Å². The van der Waals surface area contributed by atoms with Gasteiger partial charge in [-0.25, -0.2) is 13.8 Å². The van der Waals surface area contributed by atoms with Crippen molar-refractivity contribution in [1.29, 1.82) is 0 Å². The number of ether oxygens (including phenoxy) is 2. The second kappa shape index (κ2) is 7.97. The Labute approximate surface area is 150 Å². The van der Waals surface area contributed by atoms with Gasteiger partial charge in [0, 0.05) is 18.2 Å². The summed E-state index contributed by atoms with van der Waals surface area (Å²) in [6.07, 6.45) is 2.17. The van der Waals surface area contributed by atoms with Crippen LogP contribution in [0.4, 0.5) is 8.78 Å². The third-order valence-corrected chi connectivity index (χ3v) is 4.33. The molecule has 1 saturated heterocycles. The summed E-state index contributed by atoms with van der Waals surface area (Å²) in [5, 5.41) is 3.09. The van der Waals surface area contributed by atoms with Gasteiger partial charge in [0.2, 0.25) is 5.75 Å². The minimum Gasteiger partial charge on any atom is -0.488 e. The van der Waals surface area contributed by atoms with E-state index in [1.165, 1.54) is 0 Å². The Morgan fingerprint density at radius 2 is 2.12 bits per heavy atom. The first-order chi connectivity index (χ1) is 12.0. The molecule has 3 rings (SSSR count). The molecule has 2 heterocycles. The average molecular weight is 369 g/mol. The maximum absolute atomic E-state index is 14.1. The minimum atomic E-state index is -0.965. The van der Waals surface area contributed by atoms with Crippen LogP contribution in [0.3, 0.4) is 0 Å². The molecule has 1 aliphatic heterocycles. The quantitative estimate of drug-likeness (QED) is 0.789. The van der Waals surface area contributed by atoms with Crippen molar-refractivity contribution in [2.75, 3.05) is 19.7 Å². The van der Waals surface area contributed by atoms with Crippen LogP contribution in [-0.2, 0) is 0 Å². The topological polar surface area (TPSA) is 43.4 Å². The van der Waals surface area contributed by atoms with Crippen molar-refractivity contribution in [3.8, 4) is 17.4 Å². The summed E-state index contributed by atoms with van der Waals surface area (Å²) in [4.78, 5) is 4.20. The lowest BCUT2D eigenvalue weighted by Crippen LogP contribution is -2.33. The summed E-state index contributed by atoms with van der Waals surface area (Å²) in [5.74, 6) is -1.67. The van der Waals surface area contributed by atoms with E-state index >= 15 is 0 Å². The molecule has 0 saturated carbocycles. The third-order valence-electron chi connectivity index (χ3n) is 4.04. The molecule has 0 radical (unpaired) electrons. The number of nitrogens with one attached hydrogen (secondary N) is 1. The fraction of sp³-hybridized carbons (Fsp3) is 0.389. The van der Waals surface area contributed by atoms with Crippen molar-refractivity contribution >= 4 is 11.6 Å². The van der Waals surface area contributed by atoms with Gasteiger partial charge in [-0.05, 0) is 50.6 Å². The molecule has 1 unspecified atom stereocenters. The van der Waals surface area contributed by atoms with E-state index < -0.39 is 17.4 Å². The highest BCUT2D eigenvalue weighted by atomic mass is 35.5. The Hall–Kier alpha value is -1.92. The minimum absolute atomic E-state index is 0.0174. The van der Waals surface area contributed by atoms with Gasteiger partial charge in [-0.2, -0.15) is 0 Å². The number of rotatable bonds is 5. The molecule has 4 nitrogen and oxygen atoms in total. The Morgan fingerprint density at radius 3 is 2.88 bits per heavy atom. The number of pyridine rings is 1. The number of piperidine rings is 1. The zero-order valence-electron chi connectivity index (χ0n) is 13.8. The lowest BCUT2D eigenvalue weighted by molar-refractivity contribution is 0.211. The Balaban J connectivity index is 1.81. The highest BCUT2D eigenvalue weighted by Crippen LogP contribution is 2.35. The second-order valence-electron chi connectivity index (χ2n) is 6.05. The van der Waals surface area contributed by atoms with Gasteiger partial charge in [-0.1, -0.05) is 11.6 Å². The first kappa shape index (κ1) is 17.9. The highest BCUT2D eigenvalue weighted by Gasteiger charge is 2.20. The summed E-state index contributed by atoms with van der Waals surface area (Å²) in [6, 6.07) is 5.63. The molecule has 0 bridgehead atoms. The van der Waals surface area contributed by atoms with Crippen LogP contribution >= 0.6 is 11.6 Å². The summed E-state index contributed by atoms with van der Waals surface area (Å²) in [6.45, 7) is 4.14. The molecule has 25 heavy (non-hydrogen) atoms. The molecule has 1 aromatic heterocycles. The number of benzene rings is 1. The monoisotopic (exact) mass is 368 g/mol. The van der Waals surface area contributed by atoms with Gasteiger partial charge in [0.1, 0.15) is 0 Å². The van der Waals surface area contributed by atoms with E-state index in [4.69, 9.17) is 21.1 Å². The first-order valence-electron chi connectivity index (χ1n) is 8.17. The lowest BCUT2D eigenvalue weighted by atomic mass is 10.0. The molecule has 0 aliphatic carbocycles. The van der Waals surface area contributed by atoms with E-state index in [1.807, 2.05) is 0 Å². The van der Waals surface area contributed by atoms with Crippen molar-refractivity contribution in [2.45, 2.75) is 19.8 Å². The SMILES string of the molecule is Cc1ccc(OCC2CCCNC2)c(Oc2c(F)ccc(Cl)c2F)n1. The summed E-state index contributed by atoms with van der Waals surface area (Å²) >= 11 is 5.71. The molecule has 2 aromatic rings. The van der Waals surface area contributed by atoms with Gasteiger partial charge in [0.25, 0.3) is 5.88 Å². The average Bonchev–Trinajstić information content (AvgIpc) is 2.62. The molecule has 1 aromatic carbocycles. The van der Waals surface area contributed by atoms with Crippen molar-refractivity contribution in [2.24, 2.45) is 5.92 Å². The maximum atomic E-state index is 14.1. The summed E-state index contributed by atoms with van der Waals surface area (Å²) in [5.41, 5.74) is 0.643. The Kier molecular flexibility index (Phi) is 5.71. The van der Waals surface area contributed by atoms with E-state index in [0.717, 1.165) is 38.1 Å². The number of hydrogen-bond acceptors (Lipinski definition) is 4. The molecule has 7 heteroatoms.